The summed E-state index contributed by atoms with van der Waals surface area (Å²) in [5.41, 5.74) is 0.466. The van der Waals surface area contributed by atoms with Gasteiger partial charge >= 0.3 is 0 Å². The van der Waals surface area contributed by atoms with Crippen LogP contribution in [-0.4, -0.2) is 35.6 Å². The van der Waals surface area contributed by atoms with E-state index in [-0.39, 0.29) is 0 Å². The highest BCUT2D eigenvalue weighted by atomic mass is 15.3. The molecule has 0 radical (unpaired) electrons. The molecule has 2 nitrogen and oxygen atoms in total. The van der Waals surface area contributed by atoms with E-state index in [0.29, 0.717) is 5.54 Å². The highest BCUT2D eigenvalue weighted by Gasteiger charge is 2.43. The van der Waals surface area contributed by atoms with Crippen molar-refractivity contribution in [1.29, 1.82) is 0 Å². The van der Waals surface area contributed by atoms with Gasteiger partial charge in [0.2, 0.25) is 0 Å². The van der Waals surface area contributed by atoms with Gasteiger partial charge in [-0.1, -0.05) is 40.5 Å². The first-order chi connectivity index (χ1) is 8.62. The van der Waals surface area contributed by atoms with Crippen LogP contribution in [0.1, 0.15) is 66.2 Å². The molecule has 1 unspecified atom stereocenters. The molecule has 1 atom stereocenters. The van der Waals surface area contributed by atoms with Gasteiger partial charge in [-0.2, -0.15) is 0 Å². The topological polar surface area (TPSA) is 15.3 Å². The quantitative estimate of drug-likeness (QED) is 0.825. The van der Waals surface area contributed by atoms with Crippen molar-refractivity contribution in [1.82, 2.24) is 10.2 Å². The molecule has 106 valence electrons. The van der Waals surface area contributed by atoms with Crippen LogP contribution in [0.15, 0.2) is 0 Å². The number of rotatable bonds is 4. The minimum absolute atomic E-state index is 0.466. The zero-order valence-electron chi connectivity index (χ0n) is 12.8. The fourth-order valence-corrected chi connectivity index (χ4v) is 4.12. The Morgan fingerprint density at radius 3 is 2.28 bits per heavy atom. The van der Waals surface area contributed by atoms with Gasteiger partial charge in [-0.3, -0.25) is 4.90 Å². The average molecular weight is 252 g/mol. The molecule has 1 N–H and O–H groups in total. The lowest BCUT2D eigenvalue weighted by molar-refractivity contribution is 0.0190. The zero-order valence-corrected chi connectivity index (χ0v) is 12.8. The lowest BCUT2D eigenvalue weighted by Gasteiger charge is -2.50. The van der Waals surface area contributed by atoms with Crippen LogP contribution in [0.3, 0.4) is 0 Å². The first kappa shape index (κ1) is 14.3. The molecule has 0 aromatic rings. The van der Waals surface area contributed by atoms with E-state index in [1.165, 1.54) is 51.6 Å². The second-order valence-electron chi connectivity index (χ2n) is 6.82. The second-order valence-corrected chi connectivity index (χ2v) is 6.82. The third kappa shape index (κ3) is 2.75. The van der Waals surface area contributed by atoms with Crippen molar-refractivity contribution in [3.63, 3.8) is 0 Å². The standard InChI is InChI=1S/C16H32N2/c1-5-14(6-2)18-12-16(9-7-8-10-16)17-11-15(18)13(3)4/h13-15,17H,5-12H2,1-4H3. The van der Waals surface area contributed by atoms with Gasteiger partial charge in [0.15, 0.2) is 0 Å². The molecular formula is C16H32N2. The summed E-state index contributed by atoms with van der Waals surface area (Å²) in [5, 5.41) is 3.92. The molecule has 1 saturated heterocycles. The van der Waals surface area contributed by atoms with Gasteiger partial charge in [0, 0.05) is 30.7 Å². The molecule has 1 aliphatic heterocycles. The molecule has 0 aromatic carbocycles. The SMILES string of the molecule is CCC(CC)N1CC2(CCCC2)NCC1C(C)C. The predicted molar refractivity (Wildman–Crippen MR) is 78.9 cm³/mol. The number of nitrogens with zero attached hydrogens (tertiary/aromatic N) is 1. The van der Waals surface area contributed by atoms with Gasteiger partial charge < -0.3 is 5.32 Å². The minimum Gasteiger partial charge on any atom is -0.308 e. The zero-order chi connectivity index (χ0) is 13.2. The van der Waals surface area contributed by atoms with Crippen molar-refractivity contribution < 1.29 is 0 Å². The molecule has 2 aliphatic rings. The molecule has 0 amide bonds. The predicted octanol–water partition coefficient (Wildman–Crippen LogP) is 3.42. The molecule has 2 heteroatoms. The molecule has 1 spiro atoms. The number of piperazine rings is 1. The van der Waals surface area contributed by atoms with Gasteiger partial charge in [0.05, 0.1) is 0 Å². The summed E-state index contributed by atoms with van der Waals surface area (Å²) in [7, 11) is 0. The summed E-state index contributed by atoms with van der Waals surface area (Å²) in [6.45, 7) is 12.0. The van der Waals surface area contributed by atoms with Crippen LogP contribution in [-0.2, 0) is 0 Å². The number of hydrogen-bond donors (Lipinski definition) is 1. The largest absolute Gasteiger partial charge is 0.308 e. The van der Waals surface area contributed by atoms with E-state index >= 15 is 0 Å². The van der Waals surface area contributed by atoms with Crippen LogP contribution in [0.2, 0.25) is 0 Å². The van der Waals surface area contributed by atoms with Crippen molar-refractivity contribution in [2.24, 2.45) is 5.92 Å². The van der Waals surface area contributed by atoms with Crippen LogP contribution < -0.4 is 5.32 Å². The molecule has 1 aliphatic carbocycles. The smallest absolute Gasteiger partial charge is 0.0309 e. The Kier molecular flexibility index (Phi) is 4.71. The summed E-state index contributed by atoms with van der Waals surface area (Å²) < 4.78 is 0. The molecule has 0 aromatic heterocycles. The number of nitrogens with one attached hydrogen (secondary N) is 1. The molecule has 2 fully saturated rings. The highest BCUT2D eigenvalue weighted by Crippen LogP contribution is 2.35. The molecular weight excluding hydrogens is 220 g/mol. The van der Waals surface area contributed by atoms with E-state index in [1.807, 2.05) is 0 Å². The fraction of sp³-hybridized carbons (Fsp3) is 1.00. The Morgan fingerprint density at radius 1 is 1.17 bits per heavy atom. The van der Waals surface area contributed by atoms with Gasteiger partial charge in [-0.05, 0) is 31.6 Å². The first-order valence-corrected chi connectivity index (χ1v) is 8.12. The maximum absolute atomic E-state index is 3.92. The van der Waals surface area contributed by atoms with Crippen LogP contribution >= 0.6 is 0 Å². The van der Waals surface area contributed by atoms with Crippen molar-refractivity contribution in [3.8, 4) is 0 Å². The Hall–Kier alpha value is -0.0800. The van der Waals surface area contributed by atoms with Crippen molar-refractivity contribution in [2.45, 2.75) is 83.8 Å². The second kappa shape index (κ2) is 5.92. The molecule has 0 bridgehead atoms. The van der Waals surface area contributed by atoms with Gasteiger partial charge in [-0.15, -0.1) is 0 Å². The van der Waals surface area contributed by atoms with Crippen LogP contribution in [0.5, 0.6) is 0 Å². The van der Waals surface area contributed by atoms with Gasteiger partial charge in [-0.25, -0.2) is 0 Å². The fourth-order valence-electron chi connectivity index (χ4n) is 4.12. The lowest BCUT2D eigenvalue weighted by Crippen LogP contribution is -2.66. The van der Waals surface area contributed by atoms with Crippen LogP contribution in [0.4, 0.5) is 0 Å². The maximum Gasteiger partial charge on any atom is 0.0309 e. The monoisotopic (exact) mass is 252 g/mol. The van der Waals surface area contributed by atoms with E-state index in [2.05, 4.69) is 37.9 Å². The summed E-state index contributed by atoms with van der Waals surface area (Å²) >= 11 is 0. The molecule has 2 rings (SSSR count). The Labute approximate surface area is 114 Å². The summed E-state index contributed by atoms with van der Waals surface area (Å²) in [6, 6.07) is 1.53. The van der Waals surface area contributed by atoms with Crippen molar-refractivity contribution >= 4 is 0 Å². The van der Waals surface area contributed by atoms with Crippen LogP contribution in [0, 0.1) is 5.92 Å². The molecule has 1 heterocycles. The summed E-state index contributed by atoms with van der Waals surface area (Å²) in [4.78, 5) is 2.85. The Morgan fingerprint density at radius 2 is 1.78 bits per heavy atom. The van der Waals surface area contributed by atoms with E-state index in [0.717, 1.165) is 18.0 Å². The minimum atomic E-state index is 0.466. The van der Waals surface area contributed by atoms with Gasteiger partial charge in [0.25, 0.3) is 0 Å². The average Bonchev–Trinajstić information content (AvgIpc) is 2.79. The highest BCUT2D eigenvalue weighted by molar-refractivity contribution is 5.02. The molecule has 18 heavy (non-hydrogen) atoms. The Balaban J connectivity index is 2.12. The molecule has 1 saturated carbocycles. The Bertz CT molecular complexity index is 252. The third-order valence-corrected chi connectivity index (χ3v) is 5.34. The normalized spacial score (nSPS) is 28.7. The van der Waals surface area contributed by atoms with E-state index in [4.69, 9.17) is 0 Å². The van der Waals surface area contributed by atoms with Crippen LogP contribution in [0.25, 0.3) is 0 Å². The lowest BCUT2D eigenvalue weighted by atomic mass is 9.87. The summed E-state index contributed by atoms with van der Waals surface area (Å²) in [5.74, 6) is 0.761. The summed E-state index contributed by atoms with van der Waals surface area (Å²) in [6.07, 6.45) is 8.25. The van der Waals surface area contributed by atoms with E-state index < -0.39 is 0 Å². The van der Waals surface area contributed by atoms with Gasteiger partial charge in [0.1, 0.15) is 0 Å². The van der Waals surface area contributed by atoms with E-state index in [9.17, 15) is 0 Å². The van der Waals surface area contributed by atoms with Crippen molar-refractivity contribution in [2.75, 3.05) is 13.1 Å². The third-order valence-electron chi connectivity index (χ3n) is 5.34. The maximum atomic E-state index is 3.92. The number of hydrogen-bond acceptors (Lipinski definition) is 2. The van der Waals surface area contributed by atoms with E-state index in [1.54, 1.807) is 0 Å². The first-order valence-electron chi connectivity index (χ1n) is 8.12. The van der Waals surface area contributed by atoms with Crippen molar-refractivity contribution in [3.05, 3.63) is 0 Å².